The van der Waals surface area contributed by atoms with Gasteiger partial charge in [0.2, 0.25) is 0 Å². The Hall–Kier alpha value is -0.0100. The smallest absolute Gasteiger partial charge is 0.0822 e. The fourth-order valence-corrected chi connectivity index (χ4v) is 0.839. The molecule has 0 bridgehead atoms. The van der Waals surface area contributed by atoms with Crippen molar-refractivity contribution in [3.8, 4) is 0 Å². The van der Waals surface area contributed by atoms with Gasteiger partial charge in [-0.1, -0.05) is 26.0 Å². The number of allylic oxidation sites excluding steroid dienone is 1. The summed E-state index contributed by atoms with van der Waals surface area (Å²) in [6.07, 6.45) is 5.06. The first-order valence-corrected chi connectivity index (χ1v) is 4.18. The normalized spacial score (nSPS) is 12.8. The topological polar surface area (TPSA) is 20.2 Å². The minimum atomic E-state index is -0.630. The quantitative estimate of drug-likeness (QED) is 0.497. The van der Waals surface area contributed by atoms with Crippen molar-refractivity contribution in [3.05, 3.63) is 12.2 Å². The zero-order valence-electron chi connectivity index (χ0n) is 6.60. The SMILES string of the molecule is CCC(O)(/C=C/CCl)CC. The van der Waals surface area contributed by atoms with Crippen LogP contribution < -0.4 is 0 Å². The largest absolute Gasteiger partial charge is 0.386 e. The first kappa shape index (κ1) is 9.99. The Morgan fingerprint density at radius 1 is 1.40 bits per heavy atom. The van der Waals surface area contributed by atoms with Crippen LogP contribution in [0.25, 0.3) is 0 Å². The van der Waals surface area contributed by atoms with E-state index in [2.05, 4.69) is 0 Å². The van der Waals surface area contributed by atoms with Crippen molar-refractivity contribution in [2.75, 3.05) is 5.88 Å². The second-order valence-electron chi connectivity index (χ2n) is 2.37. The minimum Gasteiger partial charge on any atom is -0.386 e. The van der Waals surface area contributed by atoms with Gasteiger partial charge in [-0.05, 0) is 12.8 Å². The first-order valence-electron chi connectivity index (χ1n) is 3.64. The van der Waals surface area contributed by atoms with Crippen LogP contribution in [-0.4, -0.2) is 16.6 Å². The maximum atomic E-state index is 9.61. The summed E-state index contributed by atoms with van der Waals surface area (Å²) in [4.78, 5) is 0. The van der Waals surface area contributed by atoms with Crippen LogP contribution in [0.3, 0.4) is 0 Å². The molecule has 0 aromatic heterocycles. The lowest BCUT2D eigenvalue weighted by atomic mass is 9.97. The third-order valence-electron chi connectivity index (χ3n) is 1.74. The summed E-state index contributed by atoms with van der Waals surface area (Å²) in [6, 6.07) is 0. The molecule has 0 aliphatic rings. The molecule has 10 heavy (non-hydrogen) atoms. The molecule has 0 rings (SSSR count). The zero-order valence-corrected chi connectivity index (χ0v) is 7.36. The second-order valence-corrected chi connectivity index (χ2v) is 2.68. The molecular formula is C8H15ClO. The van der Waals surface area contributed by atoms with Gasteiger partial charge < -0.3 is 5.11 Å². The second kappa shape index (κ2) is 4.75. The summed E-state index contributed by atoms with van der Waals surface area (Å²) in [5, 5.41) is 9.61. The van der Waals surface area contributed by atoms with Gasteiger partial charge >= 0.3 is 0 Å². The van der Waals surface area contributed by atoms with E-state index in [9.17, 15) is 5.11 Å². The number of rotatable bonds is 4. The van der Waals surface area contributed by atoms with E-state index in [1.54, 1.807) is 12.2 Å². The summed E-state index contributed by atoms with van der Waals surface area (Å²) in [6.45, 7) is 3.92. The standard InChI is InChI=1S/C8H15ClO/c1-3-8(10,4-2)6-5-7-9/h5-6,10H,3-4,7H2,1-2H3/b6-5+. The molecular weight excluding hydrogens is 148 g/mol. The number of hydrogen-bond donors (Lipinski definition) is 1. The maximum absolute atomic E-state index is 9.61. The molecule has 0 saturated carbocycles. The average molecular weight is 163 g/mol. The predicted octanol–water partition coefficient (Wildman–Crippen LogP) is 2.33. The molecule has 0 amide bonds. The van der Waals surface area contributed by atoms with Crippen molar-refractivity contribution in [3.63, 3.8) is 0 Å². The number of halogens is 1. The zero-order chi connectivity index (χ0) is 8.04. The fraction of sp³-hybridized carbons (Fsp3) is 0.750. The Balaban J connectivity index is 3.92. The Morgan fingerprint density at radius 2 is 1.90 bits per heavy atom. The summed E-state index contributed by atoms with van der Waals surface area (Å²) in [7, 11) is 0. The van der Waals surface area contributed by atoms with E-state index in [0.29, 0.717) is 5.88 Å². The highest BCUT2D eigenvalue weighted by Crippen LogP contribution is 2.15. The molecule has 0 saturated heterocycles. The Morgan fingerprint density at radius 3 is 2.20 bits per heavy atom. The molecule has 0 heterocycles. The lowest BCUT2D eigenvalue weighted by Gasteiger charge is -2.19. The predicted molar refractivity (Wildman–Crippen MR) is 45.4 cm³/mol. The van der Waals surface area contributed by atoms with Crippen LogP contribution in [0.15, 0.2) is 12.2 Å². The first-order chi connectivity index (χ1) is 4.68. The van der Waals surface area contributed by atoms with Gasteiger partial charge in [0.05, 0.1) is 5.60 Å². The van der Waals surface area contributed by atoms with Gasteiger partial charge in [-0.2, -0.15) is 0 Å². The molecule has 0 aliphatic heterocycles. The van der Waals surface area contributed by atoms with E-state index in [1.807, 2.05) is 13.8 Å². The summed E-state index contributed by atoms with van der Waals surface area (Å²) < 4.78 is 0. The number of aliphatic hydroxyl groups is 1. The van der Waals surface area contributed by atoms with E-state index >= 15 is 0 Å². The highest BCUT2D eigenvalue weighted by molar-refractivity contribution is 6.18. The van der Waals surface area contributed by atoms with Gasteiger partial charge in [-0.15, -0.1) is 11.6 Å². The summed E-state index contributed by atoms with van der Waals surface area (Å²) in [5.74, 6) is 0.475. The molecule has 0 aromatic rings. The molecule has 1 N–H and O–H groups in total. The molecule has 0 aromatic carbocycles. The summed E-state index contributed by atoms with van der Waals surface area (Å²) >= 11 is 5.42. The Bertz CT molecular complexity index is 106. The third-order valence-corrected chi connectivity index (χ3v) is 1.92. The highest BCUT2D eigenvalue weighted by atomic mass is 35.5. The molecule has 0 radical (unpaired) electrons. The van der Waals surface area contributed by atoms with E-state index in [-0.39, 0.29) is 0 Å². The lowest BCUT2D eigenvalue weighted by molar-refractivity contribution is 0.0827. The monoisotopic (exact) mass is 162 g/mol. The average Bonchev–Trinajstić information content (AvgIpc) is 2.00. The van der Waals surface area contributed by atoms with Crippen molar-refractivity contribution in [2.24, 2.45) is 0 Å². The highest BCUT2D eigenvalue weighted by Gasteiger charge is 2.16. The maximum Gasteiger partial charge on any atom is 0.0822 e. The van der Waals surface area contributed by atoms with Crippen molar-refractivity contribution in [1.82, 2.24) is 0 Å². The molecule has 0 unspecified atom stereocenters. The van der Waals surface area contributed by atoms with Crippen LogP contribution in [-0.2, 0) is 0 Å². The van der Waals surface area contributed by atoms with Gasteiger partial charge in [0, 0.05) is 5.88 Å². The molecule has 0 aliphatic carbocycles. The molecule has 1 nitrogen and oxygen atoms in total. The Labute approximate surface area is 67.7 Å². The van der Waals surface area contributed by atoms with Crippen molar-refractivity contribution >= 4 is 11.6 Å². The van der Waals surface area contributed by atoms with Gasteiger partial charge in [0.25, 0.3) is 0 Å². The molecule has 0 spiro atoms. The van der Waals surface area contributed by atoms with Gasteiger partial charge in [-0.25, -0.2) is 0 Å². The van der Waals surface area contributed by atoms with Crippen molar-refractivity contribution in [2.45, 2.75) is 32.3 Å². The fourth-order valence-electron chi connectivity index (χ4n) is 0.750. The lowest BCUT2D eigenvalue weighted by Crippen LogP contribution is -2.22. The van der Waals surface area contributed by atoms with Gasteiger partial charge in [0.15, 0.2) is 0 Å². The van der Waals surface area contributed by atoms with Crippen LogP contribution in [0.5, 0.6) is 0 Å². The third kappa shape index (κ3) is 3.23. The van der Waals surface area contributed by atoms with Crippen LogP contribution in [0.1, 0.15) is 26.7 Å². The van der Waals surface area contributed by atoms with E-state index < -0.39 is 5.60 Å². The van der Waals surface area contributed by atoms with E-state index in [0.717, 1.165) is 12.8 Å². The van der Waals surface area contributed by atoms with Crippen LogP contribution in [0, 0.1) is 0 Å². The molecule has 0 fully saturated rings. The number of hydrogen-bond acceptors (Lipinski definition) is 1. The minimum absolute atomic E-state index is 0.475. The van der Waals surface area contributed by atoms with Crippen LogP contribution in [0.4, 0.5) is 0 Å². The van der Waals surface area contributed by atoms with Crippen LogP contribution >= 0.6 is 11.6 Å². The number of alkyl halides is 1. The molecule has 2 heteroatoms. The van der Waals surface area contributed by atoms with Crippen LogP contribution in [0.2, 0.25) is 0 Å². The Kier molecular flexibility index (Phi) is 4.75. The van der Waals surface area contributed by atoms with E-state index in [1.165, 1.54) is 0 Å². The van der Waals surface area contributed by atoms with E-state index in [4.69, 9.17) is 11.6 Å². The van der Waals surface area contributed by atoms with Gasteiger partial charge in [-0.3, -0.25) is 0 Å². The molecule has 0 atom stereocenters. The van der Waals surface area contributed by atoms with Crippen molar-refractivity contribution in [1.29, 1.82) is 0 Å². The summed E-state index contributed by atoms with van der Waals surface area (Å²) in [5.41, 5.74) is -0.630. The molecule has 60 valence electrons. The van der Waals surface area contributed by atoms with Crippen molar-refractivity contribution < 1.29 is 5.11 Å². The van der Waals surface area contributed by atoms with Gasteiger partial charge in [0.1, 0.15) is 0 Å².